The number of amides is 1. The highest BCUT2D eigenvalue weighted by molar-refractivity contribution is 7.89. The predicted molar refractivity (Wildman–Crippen MR) is 71.6 cm³/mol. The number of carbonyl (C=O) groups is 1. The molecule has 1 aliphatic heterocycles. The van der Waals surface area contributed by atoms with Gasteiger partial charge in [-0.1, -0.05) is 5.16 Å². The summed E-state index contributed by atoms with van der Waals surface area (Å²) in [5.74, 6) is 0.0725. The van der Waals surface area contributed by atoms with Crippen LogP contribution in [-0.4, -0.2) is 55.4 Å². The lowest BCUT2D eigenvalue weighted by molar-refractivity contribution is -0.130. The quantitative estimate of drug-likeness (QED) is 0.810. The molecule has 1 aliphatic rings. The normalized spacial score (nSPS) is 16.1. The maximum atomic E-state index is 12.4. The van der Waals surface area contributed by atoms with E-state index in [4.69, 9.17) is 4.52 Å². The molecule has 0 aromatic carbocycles. The lowest BCUT2D eigenvalue weighted by Gasteiger charge is -2.20. The van der Waals surface area contributed by atoms with Gasteiger partial charge in [0, 0.05) is 20.1 Å². The molecule has 1 amide bonds. The summed E-state index contributed by atoms with van der Waals surface area (Å²) in [4.78, 5) is 13.8. The number of aryl methyl sites for hydroxylation is 2. The van der Waals surface area contributed by atoms with Crippen molar-refractivity contribution in [1.29, 1.82) is 0 Å². The van der Waals surface area contributed by atoms with E-state index in [0.29, 0.717) is 18.8 Å². The molecule has 1 aromatic heterocycles. The summed E-state index contributed by atoms with van der Waals surface area (Å²) < 4.78 is 30.8. The van der Waals surface area contributed by atoms with E-state index in [1.165, 1.54) is 7.05 Å². The smallest absolute Gasteiger partial charge is 0.248 e. The first-order chi connectivity index (χ1) is 9.34. The molecule has 2 heterocycles. The molecule has 8 heteroatoms. The van der Waals surface area contributed by atoms with Gasteiger partial charge < -0.3 is 9.42 Å². The zero-order chi connectivity index (χ0) is 14.9. The molecule has 0 spiro atoms. The van der Waals surface area contributed by atoms with Gasteiger partial charge in [0.15, 0.2) is 5.76 Å². The molecule has 2 rings (SSSR count). The highest BCUT2D eigenvalue weighted by Gasteiger charge is 2.31. The minimum atomic E-state index is -3.75. The molecular weight excluding hydrogens is 282 g/mol. The molecule has 0 saturated carbocycles. The van der Waals surface area contributed by atoms with Gasteiger partial charge >= 0.3 is 0 Å². The van der Waals surface area contributed by atoms with E-state index in [9.17, 15) is 13.2 Å². The number of hydrogen-bond acceptors (Lipinski definition) is 5. The van der Waals surface area contributed by atoms with Crippen LogP contribution < -0.4 is 0 Å². The maximum Gasteiger partial charge on any atom is 0.248 e. The first kappa shape index (κ1) is 15.0. The molecule has 0 bridgehead atoms. The first-order valence-electron chi connectivity index (χ1n) is 6.51. The van der Waals surface area contributed by atoms with Crippen molar-refractivity contribution in [3.8, 4) is 0 Å². The number of likely N-dealkylation sites (tertiary alicyclic amines) is 1. The minimum absolute atomic E-state index is 0.0502. The summed E-state index contributed by atoms with van der Waals surface area (Å²) in [6.45, 7) is 4.37. The van der Waals surface area contributed by atoms with Crippen LogP contribution in [0.1, 0.15) is 24.3 Å². The Morgan fingerprint density at radius 2 is 1.95 bits per heavy atom. The van der Waals surface area contributed by atoms with Gasteiger partial charge in [0.05, 0.1) is 6.54 Å². The molecule has 20 heavy (non-hydrogen) atoms. The highest BCUT2D eigenvalue weighted by Crippen LogP contribution is 2.22. The predicted octanol–water partition coefficient (Wildman–Crippen LogP) is 0.534. The zero-order valence-electron chi connectivity index (χ0n) is 11.9. The van der Waals surface area contributed by atoms with Gasteiger partial charge in [0.1, 0.15) is 10.6 Å². The average Bonchev–Trinajstić information content (AvgIpc) is 2.99. The molecule has 0 radical (unpaired) electrons. The molecule has 1 aromatic rings. The Balaban J connectivity index is 2.15. The van der Waals surface area contributed by atoms with Crippen molar-refractivity contribution in [2.24, 2.45) is 0 Å². The SMILES string of the molecule is Cc1noc(C)c1S(=O)(=O)N(C)CC(=O)N1CCCC1. The zero-order valence-corrected chi connectivity index (χ0v) is 12.7. The second-order valence-corrected chi connectivity index (χ2v) is 6.98. The second kappa shape index (κ2) is 5.53. The van der Waals surface area contributed by atoms with Crippen LogP contribution in [-0.2, 0) is 14.8 Å². The summed E-state index contributed by atoms with van der Waals surface area (Å²) >= 11 is 0. The fourth-order valence-corrected chi connectivity index (χ4v) is 3.74. The van der Waals surface area contributed by atoms with Crippen molar-refractivity contribution in [1.82, 2.24) is 14.4 Å². The van der Waals surface area contributed by atoms with Crippen molar-refractivity contribution in [3.63, 3.8) is 0 Å². The van der Waals surface area contributed by atoms with Gasteiger partial charge in [-0.25, -0.2) is 8.42 Å². The van der Waals surface area contributed by atoms with E-state index in [1.807, 2.05) is 0 Å². The van der Waals surface area contributed by atoms with E-state index < -0.39 is 10.0 Å². The van der Waals surface area contributed by atoms with Crippen LogP contribution in [0.2, 0.25) is 0 Å². The number of rotatable bonds is 4. The Kier molecular flexibility index (Phi) is 4.14. The van der Waals surface area contributed by atoms with Crippen LogP contribution in [0.4, 0.5) is 0 Å². The Morgan fingerprint density at radius 1 is 1.35 bits per heavy atom. The summed E-state index contributed by atoms with van der Waals surface area (Å²) in [6, 6.07) is 0. The molecule has 1 fully saturated rings. The lowest BCUT2D eigenvalue weighted by atomic mass is 10.4. The molecule has 112 valence electrons. The van der Waals surface area contributed by atoms with Crippen molar-refractivity contribution in [3.05, 3.63) is 11.5 Å². The topological polar surface area (TPSA) is 83.7 Å². The number of likely N-dealkylation sites (N-methyl/N-ethyl adjacent to an activating group) is 1. The van der Waals surface area contributed by atoms with Crippen LogP contribution in [0.5, 0.6) is 0 Å². The number of sulfonamides is 1. The summed E-state index contributed by atoms with van der Waals surface area (Å²) in [6.07, 6.45) is 1.96. The molecular formula is C12H19N3O4S. The largest absolute Gasteiger partial charge is 0.360 e. The van der Waals surface area contributed by atoms with Crippen molar-refractivity contribution >= 4 is 15.9 Å². The van der Waals surface area contributed by atoms with Crippen LogP contribution in [0.25, 0.3) is 0 Å². The number of carbonyl (C=O) groups excluding carboxylic acids is 1. The van der Waals surface area contributed by atoms with E-state index in [2.05, 4.69) is 5.16 Å². The molecule has 0 unspecified atom stereocenters. The second-order valence-electron chi connectivity index (χ2n) is 5.00. The Morgan fingerprint density at radius 3 is 2.45 bits per heavy atom. The average molecular weight is 301 g/mol. The van der Waals surface area contributed by atoms with Gasteiger partial charge in [0.25, 0.3) is 0 Å². The third-order valence-corrected chi connectivity index (χ3v) is 5.50. The third-order valence-electron chi connectivity index (χ3n) is 3.45. The first-order valence-corrected chi connectivity index (χ1v) is 7.95. The number of nitrogens with zero attached hydrogens (tertiary/aromatic N) is 3. The van der Waals surface area contributed by atoms with E-state index in [-0.39, 0.29) is 23.1 Å². The van der Waals surface area contributed by atoms with E-state index in [0.717, 1.165) is 17.1 Å². The monoisotopic (exact) mass is 301 g/mol. The fourth-order valence-electron chi connectivity index (χ4n) is 2.34. The van der Waals surface area contributed by atoms with Gasteiger partial charge in [-0.3, -0.25) is 4.79 Å². The van der Waals surface area contributed by atoms with Gasteiger partial charge in [0.2, 0.25) is 15.9 Å². The third kappa shape index (κ3) is 2.71. The summed E-state index contributed by atoms with van der Waals surface area (Å²) in [5.41, 5.74) is 0.308. The lowest BCUT2D eigenvalue weighted by Crippen LogP contribution is -2.40. The standard InChI is InChI=1S/C12H19N3O4S/c1-9-12(10(2)19-13-9)20(17,18)14(3)8-11(16)15-6-4-5-7-15/h4-8H2,1-3H3. The Bertz CT molecular complexity index is 583. The number of hydrogen-bond donors (Lipinski definition) is 0. The van der Waals surface area contributed by atoms with Crippen molar-refractivity contribution in [2.75, 3.05) is 26.7 Å². The van der Waals surface area contributed by atoms with Crippen molar-refractivity contribution in [2.45, 2.75) is 31.6 Å². The van der Waals surface area contributed by atoms with E-state index >= 15 is 0 Å². The molecule has 0 N–H and O–H groups in total. The maximum absolute atomic E-state index is 12.4. The van der Waals surface area contributed by atoms with Crippen LogP contribution in [0, 0.1) is 13.8 Å². The Hall–Kier alpha value is -1.41. The van der Waals surface area contributed by atoms with Crippen LogP contribution in [0.15, 0.2) is 9.42 Å². The number of aromatic nitrogens is 1. The van der Waals surface area contributed by atoms with Crippen LogP contribution >= 0.6 is 0 Å². The minimum Gasteiger partial charge on any atom is -0.360 e. The van der Waals surface area contributed by atoms with Gasteiger partial charge in [-0.15, -0.1) is 0 Å². The Labute approximate surface area is 118 Å². The molecule has 7 nitrogen and oxygen atoms in total. The molecule has 1 saturated heterocycles. The summed E-state index contributed by atoms with van der Waals surface area (Å²) in [7, 11) is -2.35. The van der Waals surface area contributed by atoms with E-state index in [1.54, 1.807) is 18.7 Å². The van der Waals surface area contributed by atoms with Gasteiger partial charge in [-0.05, 0) is 26.7 Å². The summed E-state index contributed by atoms with van der Waals surface area (Å²) in [5, 5.41) is 3.65. The molecule has 0 aliphatic carbocycles. The van der Waals surface area contributed by atoms with Gasteiger partial charge in [-0.2, -0.15) is 4.31 Å². The van der Waals surface area contributed by atoms with Crippen molar-refractivity contribution < 1.29 is 17.7 Å². The molecule has 0 atom stereocenters. The fraction of sp³-hybridized carbons (Fsp3) is 0.667. The highest BCUT2D eigenvalue weighted by atomic mass is 32.2. The van der Waals surface area contributed by atoms with Crippen LogP contribution in [0.3, 0.4) is 0 Å².